The number of carbonyl (C=O) groups excluding carboxylic acids is 1. The van der Waals surface area contributed by atoms with Gasteiger partial charge < -0.3 is 10.1 Å². The lowest BCUT2D eigenvalue weighted by atomic mass is 10.2. The minimum Gasteiger partial charge on any atom is -0.484 e. The lowest BCUT2D eigenvalue weighted by Gasteiger charge is -2.08. The molecule has 0 saturated carbocycles. The van der Waals surface area contributed by atoms with Crippen LogP contribution in [-0.2, 0) is 4.79 Å². The summed E-state index contributed by atoms with van der Waals surface area (Å²) < 4.78 is 5.28. The number of anilines is 1. The Morgan fingerprint density at radius 2 is 2.09 bits per heavy atom. The highest BCUT2D eigenvalue weighted by Crippen LogP contribution is 2.25. The topological polar surface area (TPSA) is 81.5 Å². The summed E-state index contributed by atoms with van der Waals surface area (Å²) in [6, 6.07) is 11.2. The molecule has 6 nitrogen and oxygen atoms in total. The normalized spacial score (nSPS) is 10.1. The summed E-state index contributed by atoms with van der Waals surface area (Å²) in [4.78, 5) is 22.3. The molecule has 1 amide bonds. The summed E-state index contributed by atoms with van der Waals surface area (Å²) in [7, 11) is 0. The van der Waals surface area contributed by atoms with Crippen molar-refractivity contribution >= 4 is 28.9 Å². The molecule has 0 aliphatic rings. The molecule has 0 spiro atoms. The largest absolute Gasteiger partial charge is 0.484 e. The summed E-state index contributed by atoms with van der Waals surface area (Å²) >= 11 is 5.80. The minimum absolute atomic E-state index is 0.135. The highest BCUT2D eigenvalue weighted by molar-refractivity contribution is 6.30. The van der Waals surface area contributed by atoms with E-state index in [-0.39, 0.29) is 18.0 Å². The van der Waals surface area contributed by atoms with Gasteiger partial charge in [0.1, 0.15) is 11.4 Å². The molecule has 22 heavy (non-hydrogen) atoms. The van der Waals surface area contributed by atoms with E-state index in [1.807, 2.05) is 0 Å². The van der Waals surface area contributed by atoms with Gasteiger partial charge in [0, 0.05) is 11.1 Å². The zero-order chi connectivity index (χ0) is 16.1. The molecular formula is C15H13ClN2O4. The number of hydrogen-bond donors (Lipinski definition) is 1. The number of amides is 1. The average Bonchev–Trinajstić information content (AvgIpc) is 2.47. The van der Waals surface area contributed by atoms with Crippen molar-refractivity contribution in [3.8, 4) is 5.75 Å². The van der Waals surface area contributed by atoms with Gasteiger partial charge in [0.15, 0.2) is 6.61 Å². The zero-order valence-electron chi connectivity index (χ0n) is 11.7. The van der Waals surface area contributed by atoms with Crippen molar-refractivity contribution in [1.82, 2.24) is 0 Å². The molecule has 0 aliphatic carbocycles. The minimum atomic E-state index is -0.541. The van der Waals surface area contributed by atoms with Crippen molar-refractivity contribution in [2.24, 2.45) is 0 Å². The highest BCUT2D eigenvalue weighted by atomic mass is 35.5. The number of aryl methyl sites for hydroxylation is 1. The van der Waals surface area contributed by atoms with E-state index < -0.39 is 10.8 Å². The second kappa shape index (κ2) is 6.91. The van der Waals surface area contributed by atoms with Gasteiger partial charge in [-0.2, -0.15) is 0 Å². The molecule has 0 fully saturated rings. The molecule has 0 aromatic heterocycles. The van der Waals surface area contributed by atoms with Crippen LogP contribution in [0.5, 0.6) is 5.75 Å². The maximum absolute atomic E-state index is 11.8. The third-order valence-electron chi connectivity index (χ3n) is 2.79. The predicted octanol–water partition coefficient (Wildman–Crippen LogP) is 3.57. The number of nitro groups is 1. The third kappa shape index (κ3) is 4.20. The molecule has 0 saturated heterocycles. The van der Waals surface area contributed by atoms with E-state index in [4.69, 9.17) is 16.3 Å². The first-order valence-electron chi connectivity index (χ1n) is 6.39. The molecule has 0 heterocycles. The molecule has 1 N–H and O–H groups in total. The Kier molecular flexibility index (Phi) is 4.95. The van der Waals surface area contributed by atoms with Gasteiger partial charge in [0.05, 0.1) is 4.92 Å². The van der Waals surface area contributed by atoms with E-state index in [1.54, 1.807) is 37.3 Å². The molecule has 2 aromatic rings. The summed E-state index contributed by atoms with van der Waals surface area (Å²) in [5, 5.41) is 13.9. The van der Waals surface area contributed by atoms with Gasteiger partial charge in [-0.15, -0.1) is 0 Å². The summed E-state index contributed by atoms with van der Waals surface area (Å²) in [5.74, 6) is -0.0482. The molecule has 114 valence electrons. The molecule has 2 aromatic carbocycles. The maximum atomic E-state index is 11.8. The Morgan fingerprint density at radius 1 is 1.32 bits per heavy atom. The number of ether oxygens (including phenoxy) is 1. The Bertz CT molecular complexity index is 718. The van der Waals surface area contributed by atoms with E-state index in [0.29, 0.717) is 10.8 Å². The molecule has 0 atom stereocenters. The van der Waals surface area contributed by atoms with Crippen LogP contribution in [0.25, 0.3) is 0 Å². The lowest BCUT2D eigenvalue weighted by molar-refractivity contribution is -0.384. The first-order valence-corrected chi connectivity index (χ1v) is 6.77. The van der Waals surface area contributed by atoms with Gasteiger partial charge in [-0.3, -0.25) is 14.9 Å². The van der Waals surface area contributed by atoms with Crippen LogP contribution in [0.4, 0.5) is 11.4 Å². The number of halogens is 1. The van der Waals surface area contributed by atoms with Crippen molar-refractivity contribution in [2.75, 3.05) is 11.9 Å². The number of hydrogen-bond acceptors (Lipinski definition) is 4. The van der Waals surface area contributed by atoms with Crippen LogP contribution in [0.15, 0.2) is 42.5 Å². The number of carbonyl (C=O) groups is 1. The van der Waals surface area contributed by atoms with E-state index in [9.17, 15) is 14.9 Å². The van der Waals surface area contributed by atoms with E-state index in [1.165, 1.54) is 12.1 Å². The SMILES string of the molecule is Cc1ccc(NC(=O)COc2cccc(Cl)c2)c([N+](=O)[O-])c1. The molecule has 0 bridgehead atoms. The second-order valence-electron chi connectivity index (χ2n) is 4.57. The Balaban J connectivity index is 2.02. The zero-order valence-corrected chi connectivity index (χ0v) is 12.5. The third-order valence-corrected chi connectivity index (χ3v) is 3.03. The molecule has 7 heteroatoms. The van der Waals surface area contributed by atoms with Crippen LogP contribution in [0.1, 0.15) is 5.56 Å². The van der Waals surface area contributed by atoms with Crippen molar-refractivity contribution < 1.29 is 14.5 Å². The van der Waals surface area contributed by atoms with Gasteiger partial charge in [0.25, 0.3) is 11.6 Å². The summed E-state index contributed by atoms with van der Waals surface area (Å²) in [5.41, 5.74) is 0.714. The number of benzene rings is 2. The summed E-state index contributed by atoms with van der Waals surface area (Å²) in [6.45, 7) is 1.46. The van der Waals surface area contributed by atoms with Crippen molar-refractivity contribution in [1.29, 1.82) is 0 Å². The van der Waals surface area contributed by atoms with Gasteiger partial charge in [0.2, 0.25) is 0 Å². The Morgan fingerprint density at radius 3 is 2.77 bits per heavy atom. The van der Waals surface area contributed by atoms with E-state index in [2.05, 4.69) is 5.32 Å². The average molecular weight is 321 g/mol. The van der Waals surface area contributed by atoms with Crippen LogP contribution >= 0.6 is 11.6 Å². The standard InChI is InChI=1S/C15H13ClN2O4/c1-10-5-6-13(14(7-10)18(20)21)17-15(19)9-22-12-4-2-3-11(16)8-12/h2-8H,9H2,1H3,(H,17,19). The van der Waals surface area contributed by atoms with Crippen LogP contribution in [0.3, 0.4) is 0 Å². The first kappa shape index (κ1) is 15.8. The monoisotopic (exact) mass is 320 g/mol. The first-order chi connectivity index (χ1) is 10.5. The van der Waals surface area contributed by atoms with E-state index in [0.717, 1.165) is 5.56 Å². The van der Waals surface area contributed by atoms with Crippen LogP contribution < -0.4 is 10.1 Å². The fourth-order valence-corrected chi connectivity index (χ4v) is 1.97. The smallest absolute Gasteiger partial charge is 0.293 e. The quantitative estimate of drug-likeness (QED) is 0.674. The lowest BCUT2D eigenvalue weighted by Crippen LogP contribution is -2.20. The van der Waals surface area contributed by atoms with Crippen molar-refractivity contribution in [3.63, 3.8) is 0 Å². The second-order valence-corrected chi connectivity index (χ2v) is 5.01. The van der Waals surface area contributed by atoms with E-state index >= 15 is 0 Å². The van der Waals surface area contributed by atoms with Gasteiger partial charge in [-0.1, -0.05) is 23.7 Å². The van der Waals surface area contributed by atoms with Gasteiger partial charge in [-0.25, -0.2) is 0 Å². The highest BCUT2D eigenvalue weighted by Gasteiger charge is 2.16. The van der Waals surface area contributed by atoms with Crippen molar-refractivity contribution in [3.05, 3.63) is 63.2 Å². The Labute approximate surface area is 131 Å². The van der Waals surface area contributed by atoms with Gasteiger partial charge in [-0.05, 0) is 36.8 Å². The van der Waals surface area contributed by atoms with Crippen LogP contribution in [-0.4, -0.2) is 17.4 Å². The molecule has 0 aliphatic heterocycles. The molecule has 0 radical (unpaired) electrons. The van der Waals surface area contributed by atoms with Crippen LogP contribution in [0, 0.1) is 17.0 Å². The maximum Gasteiger partial charge on any atom is 0.293 e. The molecular weight excluding hydrogens is 308 g/mol. The number of nitrogens with one attached hydrogen (secondary N) is 1. The van der Waals surface area contributed by atoms with Crippen molar-refractivity contribution in [2.45, 2.75) is 6.92 Å². The fourth-order valence-electron chi connectivity index (χ4n) is 1.79. The predicted molar refractivity (Wildman–Crippen MR) is 83.4 cm³/mol. The number of rotatable bonds is 5. The fraction of sp³-hybridized carbons (Fsp3) is 0.133. The number of nitrogens with zero attached hydrogens (tertiary/aromatic N) is 1. The molecule has 0 unspecified atom stereocenters. The molecule has 2 rings (SSSR count). The van der Waals surface area contributed by atoms with Crippen LogP contribution in [0.2, 0.25) is 5.02 Å². The summed E-state index contributed by atoms with van der Waals surface area (Å²) in [6.07, 6.45) is 0. The van der Waals surface area contributed by atoms with Gasteiger partial charge >= 0.3 is 0 Å². The number of nitro benzene ring substituents is 1. The Hall–Kier alpha value is -2.60.